The number of anilines is 1. The third kappa shape index (κ3) is 4.06. The summed E-state index contributed by atoms with van der Waals surface area (Å²) in [7, 11) is 2.00. The second-order valence-corrected chi connectivity index (χ2v) is 5.20. The number of hydrogen-bond donors (Lipinski definition) is 1. The minimum atomic E-state index is -0.724. The minimum Gasteiger partial charge on any atom is -0.481 e. The highest BCUT2D eigenvalue weighted by Crippen LogP contribution is 2.19. The number of carbonyl (C=O) groups is 1. The predicted octanol–water partition coefficient (Wildman–Crippen LogP) is 3.36. The summed E-state index contributed by atoms with van der Waals surface area (Å²) in [6, 6.07) is 8.47. The summed E-state index contributed by atoms with van der Waals surface area (Å²) in [5.74, 6) is -0.475. The molecule has 3 heteroatoms. The van der Waals surface area contributed by atoms with E-state index in [-0.39, 0.29) is 5.92 Å². The lowest BCUT2D eigenvalue weighted by Crippen LogP contribution is -2.22. The van der Waals surface area contributed by atoms with Gasteiger partial charge in [-0.05, 0) is 30.0 Å². The van der Waals surface area contributed by atoms with E-state index in [1.54, 1.807) is 6.92 Å². The van der Waals surface area contributed by atoms with Crippen LogP contribution in [0.1, 0.15) is 38.7 Å². The summed E-state index contributed by atoms with van der Waals surface area (Å²) < 4.78 is 0. The van der Waals surface area contributed by atoms with E-state index < -0.39 is 5.97 Å². The summed E-state index contributed by atoms with van der Waals surface area (Å²) in [6.07, 6.45) is 0.664. The maximum atomic E-state index is 10.7. The van der Waals surface area contributed by atoms with Gasteiger partial charge < -0.3 is 10.0 Å². The Morgan fingerprint density at radius 3 is 2.22 bits per heavy atom. The van der Waals surface area contributed by atoms with Gasteiger partial charge in [0.15, 0.2) is 0 Å². The standard InChI is InChI=1S/C15H23NO2/c1-11(2)13-5-7-14(8-6-13)16(4)10-9-12(3)15(17)18/h5-8,11-12H,9-10H2,1-4H3,(H,17,18). The molecule has 0 saturated carbocycles. The van der Waals surface area contributed by atoms with Gasteiger partial charge in [-0.1, -0.05) is 32.9 Å². The van der Waals surface area contributed by atoms with Crippen molar-refractivity contribution in [1.82, 2.24) is 0 Å². The fourth-order valence-electron chi connectivity index (χ4n) is 1.75. The minimum absolute atomic E-state index is 0.289. The SMILES string of the molecule is CC(CCN(C)c1ccc(C(C)C)cc1)C(=O)O. The fraction of sp³-hybridized carbons (Fsp3) is 0.533. The van der Waals surface area contributed by atoms with Crippen molar-refractivity contribution >= 4 is 11.7 Å². The van der Waals surface area contributed by atoms with Gasteiger partial charge >= 0.3 is 5.97 Å². The van der Waals surface area contributed by atoms with Crippen molar-refractivity contribution in [3.05, 3.63) is 29.8 Å². The van der Waals surface area contributed by atoms with Crippen LogP contribution >= 0.6 is 0 Å². The summed E-state index contributed by atoms with van der Waals surface area (Å²) in [5.41, 5.74) is 2.46. The van der Waals surface area contributed by atoms with E-state index >= 15 is 0 Å². The number of carboxylic acid groups (broad SMARTS) is 1. The lowest BCUT2D eigenvalue weighted by molar-refractivity contribution is -0.141. The first-order valence-corrected chi connectivity index (χ1v) is 6.45. The van der Waals surface area contributed by atoms with Gasteiger partial charge in [0.25, 0.3) is 0 Å². The van der Waals surface area contributed by atoms with Crippen LogP contribution in [0.2, 0.25) is 0 Å². The molecule has 1 atom stereocenters. The smallest absolute Gasteiger partial charge is 0.306 e. The summed E-state index contributed by atoms with van der Waals surface area (Å²) >= 11 is 0. The van der Waals surface area contributed by atoms with E-state index in [0.717, 1.165) is 12.2 Å². The van der Waals surface area contributed by atoms with Crippen LogP contribution in [0.5, 0.6) is 0 Å². The number of aliphatic carboxylic acids is 1. The Hall–Kier alpha value is -1.51. The zero-order valence-corrected chi connectivity index (χ0v) is 11.7. The Bertz CT molecular complexity index is 384. The Morgan fingerprint density at radius 1 is 1.22 bits per heavy atom. The second kappa shape index (κ2) is 6.43. The highest BCUT2D eigenvalue weighted by molar-refractivity contribution is 5.69. The van der Waals surface area contributed by atoms with E-state index in [1.165, 1.54) is 5.56 Å². The summed E-state index contributed by atoms with van der Waals surface area (Å²) in [5, 5.41) is 8.84. The number of carboxylic acids is 1. The number of hydrogen-bond acceptors (Lipinski definition) is 2. The van der Waals surface area contributed by atoms with Crippen molar-refractivity contribution in [2.75, 3.05) is 18.5 Å². The van der Waals surface area contributed by atoms with Crippen LogP contribution < -0.4 is 4.90 Å². The van der Waals surface area contributed by atoms with Gasteiger partial charge in [0.1, 0.15) is 0 Å². The van der Waals surface area contributed by atoms with E-state index in [9.17, 15) is 4.79 Å². The predicted molar refractivity (Wildman–Crippen MR) is 75.2 cm³/mol. The Kier molecular flexibility index (Phi) is 5.20. The number of nitrogens with zero attached hydrogens (tertiary/aromatic N) is 1. The highest BCUT2D eigenvalue weighted by Gasteiger charge is 2.12. The lowest BCUT2D eigenvalue weighted by atomic mass is 10.0. The molecule has 0 heterocycles. The van der Waals surface area contributed by atoms with E-state index in [4.69, 9.17) is 5.11 Å². The van der Waals surface area contributed by atoms with Crippen LogP contribution in [-0.2, 0) is 4.79 Å². The van der Waals surface area contributed by atoms with Crippen molar-refractivity contribution in [2.24, 2.45) is 5.92 Å². The molecular formula is C15H23NO2. The Labute approximate surface area is 109 Å². The molecule has 1 unspecified atom stereocenters. The Balaban J connectivity index is 2.56. The molecule has 18 heavy (non-hydrogen) atoms. The third-order valence-electron chi connectivity index (χ3n) is 3.32. The Morgan fingerprint density at radius 2 is 1.78 bits per heavy atom. The van der Waals surface area contributed by atoms with Gasteiger partial charge in [-0.15, -0.1) is 0 Å². The van der Waals surface area contributed by atoms with Crippen LogP contribution in [0.4, 0.5) is 5.69 Å². The fourth-order valence-corrected chi connectivity index (χ4v) is 1.75. The molecule has 3 nitrogen and oxygen atoms in total. The number of benzene rings is 1. The normalized spacial score (nSPS) is 12.5. The molecule has 0 aliphatic rings. The van der Waals surface area contributed by atoms with Crippen molar-refractivity contribution in [2.45, 2.75) is 33.1 Å². The monoisotopic (exact) mass is 249 g/mol. The van der Waals surface area contributed by atoms with Gasteiger partial charge in [0.05, 0.1) is 5.92 Å². The van der Waals surface area contributed by atoms with Gasteiger partial charge in [-0.3, -0.25) is 4.79 Å². The van der Waals surface area contributed by atoms with E-state index in [0.29, 0.717) is 12.3 Å². The topological polar surface area (TPSA) is 40.5 Å². The molecule has 0 spiro atoms. The lowest BCUT2D eigenvalue weighted by Gasteiger charge is -2.21. The van der Waals surface area contributed by atoms with Crippen LogP contribution in [0, 0.1) is 5.92 Å². The molecule has 0 radical (unpaired) electrons. The second-order valence-electron chi connectivity index (χ2n) is 5.20. The van der Waals surface area contributed by atoms with Crippen molar-refractivity contribution in [1.29, 1.82) is 0 Å². The molecule has 1 N–H and O–H groups in total. The molecule has 0 aliphatic heterocycles. The molecule has 0 aromatic heterocycles. The van der Waals surface area contributed by atoms with Crippen LogP contribution in [0.25, 0.3) is 0 Å². The van der Waals surface area contributed by atoms with Crippen molar-refractivity contribution in [3.8, 4) is 0 Å². The molecule has 1 rings (SSSR count). The van der Waals surface area contributed by atoms with Gasteiger partial charge in [0, 0.05) is 19.3 Å². The van der Waals surface area contributed by atoms with Crippen LogP contribution in [-0.4, -0.2) is 24.7 Å². The first kappa shape index (κ1) is 14.6. The summed E-state index contributed by atoms with van der Waals surface area (Å²) in [4.78, 5) is 12.9. The zero-order valence-electron chi connectivity index (χ0n) is 11.7. The van der Waals surface area contributed by atoms with E-state index in [1.807, 2.05) is 7.05 Å². The molecular weight excluding hydrogens is 226 g/mol. The van der Waals surface area contributed by atoms with E-state index in [2.05, 4.69) is 43.0 Å². The van der Waals surface area contributed by atoms with Crippen LogP contribution in [0.15, 0.2) is 24.3 Å². The first-order valence-electron chi connectivity index (χ1n) is 6.45. The zero-order chi connectivity index (χ0) is 13.7. The van der Waals surface area contributed by atoms with Crippen molar-refractivity contribution in [3.63, 3.8) is 0 Å². The maximum Gasteiger partial charge on any atom is 0.306 e. The van der Waals surface area contributed by atoms with Gasteiger partial charge in [-0.25, -0.2) is 0 Å². The molecule has 0 fully saturated rings. The molecule has 0 saturated heterocycles. The molecule has 1 aromatic carbocycles. The molecule has 0 bridgehead atoms. The van der Waals surface area contributed by atoms with Crippen LogP contribution in [0.3, 0.4) is 0 Å². The maximum absolute atomic E-state index is 10.7. The highest BCUT2D eigenvalue weighted by atomic mass is 16.4. The molecule has 1 aromatic rings. The average Bonchev–Trinajstić information content (AvgIpc) is 2.35. The average molecular weight is 249 g/mol. The summed E-state index contributed by atoms with van der Waals surface area (Å²) in [6.45, 7) is 6.85. The van der Waals surface area contributed by atoms with Gasteiger partial charge in [0.2, 0.25) is 0 Å². The quantitative estimate of drug-likeness (QED) is 0.840. The first-order chi connectivity index (χ1) is 8.41. The number of rotatable bonds is 6. The molecule has 0 aliphatic carbocycles. The third-order valence-corrected chi connectivity index (χ3v) is 3.32. The largest absolute Gasteiger partial charge is 0.481 e. The molecule has 0 amide bonds. The molecule has 100 valence electrons. The van der Waals surface area contributed by atoms with Gasteiger partial charge in [-0.2, -0.15) is 0 Å². The van der Waals surface area contributed by atoms with Crippen molar-refractivity contribution < 1.29 is 9.90 Å².